The van der Waals surface area contributed by atoms with Gasteiger partial charge in [0.05, 0.1) is 0 Å². The van der Waals surface area contributed by atoms with E-state index in [2.05, 4.69) is 13.8 Å². The van der Waals surface area contributed by atoms with Gasteiger partial charge in [0, 0.05) is 0 Å². The second-order valence-electron chi connectivity index (χ2n) is 3.93. The Hall–Kier alpha value is -0.330. The molecule has 1 rings (SSSR count). The number of Topliss-reactive ketones (excluding diaryl/α,β-unsaturated/α-hetero) is 1. The molecule has 1 aliphatic rings. The van der Waals surface area contributed by atoms with Gasteiger partial charge in [-0.3, -0.25) is 0 Å². The summed E-state index contributed by atoms with van der Waals surface area (Å²) in [6, 6.07) is 0. The molecule has 66 valence electrons. The maximum Gasteiger partial charge on any atom is 0.126 e. The molecule has 0 spiro atoms. The Balaban J connectivity index is 0.000000218. The number of carbonyl (C=O) groups excluding carboxylic acids is 1. The van der Waals surface area contributed by atoms with Crippen LogP contribution in [0.5, 0.6) is 0 Å². The van der Waals surface area contributed by atoms with Gasteiger partial charge in [0.25, 0.3) is 0 Å². The summed E-state index contributed by atoms with van der Waals surface area (Å²) in [7, 11) is 0. The Kier molecular flexibility index (Phi) is 4.39. The first-order valence-electron chi connectivity index (χ1n) is 4.47. The van der Waals surface area contributed by atoms with Crippen LogP contribution in [0.25, 0.3) is 0 Å². The van der Waals surface area contributed by atoms with Crippen molar-refractivity contribution in [2.75, 3.05) is 0 Å². The van der Waals surface area contributed by atoms with E-state index in [-0.39, 0.29) is 5.78 Å². The van der Waals surface area contributed by atoms with Crippen molar-refractivity contribution in [2.45, 2.75) is 53.4 Å². The Morgan fingerprint density at radius 2 is 1.73 bits per heavy atom. The Morgan fingerprint density at radius 1 is 1.36 bits per heavy atom. The monoisotopic (exact) mass is 156 g/mol. The number of carbonyl (C=O) groups is 1. The predicted molar refractivity (Wildman–Crippen MR) is 48.6 cm³/mol. The van der Waals surface area contributed by atoms with E-state index in [1.165, 1.54) is 39.5 Å². The number of hydrogen-bond donors (Lipinski definition) is 0. The largest absolute Gasteiger partial charge is 0.300 e. The van der Waals surface area contributed by atoms with Gasteiger partial charge in [0.2, 0.25) is 0 Å². The molecule has 0 amide bonds. The van der Waals surface area contributed by atoms with Crippen molar-refractivity contribution in [3.05, 3.63) is 0 Å². The molecule has 0 aromatic carbocycles. The van der Waals surface area contributed by atoms with Crippen molar-refractivity contribution in [1.29, 1.82) is 0 Å². The highest BCUT2D eigenvalue weighted by molar-refractivity contribution is 5.72. The Morgan fingerprint density at radius 3 is 1.73 bits per heavy atom. The molecule has 0 aromatic rings. The van der Waals surface area contributed by atoms with Gasteiger partial charge in [-0.2, -0.15) is 0 Å². The van der Waals surface area contributed by atoms with E-state index in [0.29, 0.717) is 0 Å². The summed E-state index contributed by atoms with van der Waals surface area (Å²) in [5.41, 5.74) is 0.764. The van der Waals surface area contributed by atoms with E-state index in [1.807, 2.05) is 0 Å². The SMILES string of the molecule is CC(C)=O.CCC1(C)CCC1. The van der Waals surface area contributed by atoms with E-state index in [0.717, 1.165) is 5.41 Å². The summed E-state index contributed by atoms with van der Waals surface area (Å²) in [5.74, 6) is 0.167. The molecule has 0 aliphatic heterocycles. The molecule has 0 saturated heterocycles. The summed E-state index contributed by atoms with van der Waals surface area (Å²) < 4.78 is 0. The second-order valence-corrected chi connectivity index (χ2v) is 3.93. The molecule has 0 radical (unpaired) electrons. The van der Waals surface area contributed by atoms with Crippen LogP contribution in [-0.4, -0.2) is 5.78 Å². The van der Waals surface area contributed by atoms with Gasteiger partial charge < -0.3 is 4.79 Å². The maximum atomic E-state index is 9.44. The lowest BCUT2D eigenvalue weighted by Gasteiger charge is -2.37. The number of hydrogen-bond acceptors (Lipinski definition) is 1. The molecule has 0 aromatic heterocycles. The van der Waals surface area contributed by atoms with Crippen molar-refractivity contribution >= 4 is 5.78 Å². The minimum Gasteiger partial charge on any atom is -0.300 e. The fourth-order valence-corrected chi connectivity index (χ4v) is 1.13. The molecule has 1 saturated carbocycles. The lowest BCUT2D eigenvalue weighted by Crippen LogP contribution is -2.23. The number of ketones is 1. The summed E-state index contributed by atoms with van der Waals surface area (Å²) in [5, 5.41) is 0. The van der Waals surface area contributed by atoms with Crippen LogP contribution in [-0.2, 0) is 4.79 Å². The summed E-state index contributed by atoms with van der Waals surface area (Å²) in [6.07, 6.45) is 5.81. The van der Waals surface area contributed by atoms with Gasteiger partial charge >= 0.3 is 0 Å². The molecule has 0 atom stereocenters. The quantitative estimate of drug-likeness (QED) is 0.570. The van der Waals surface area contributed by atoms with Gasteiger partial charge in [-0.1, -0.05) is 26.7 Å². The van der Waals surface area contributed by atoms with Gasteiger partial charge in [-0.25, -0.2) is 0 Å². The third-order valence-electron chi connectivity index (χ3n) is 2.41. The predicted octanol–water partition coefficient (Wildman–Crippen LogP) is 3.18. The standard InChI is InChI=1S/C7H14.C3H6O/c1-3-7(2)5-4-6-7;1-3(2)4/h3-6H2,1-2H3;1-2H3. The zero-order chi connectivity index (χ0) is 8.91. The van der Waals surface area contributed by atoms with Crippen molar-refractivity contribution in [2.24, 2.45) is 5.41 Å². The van der Waals surface area contributed by atoms with Crippen LogP contribution < -0.4 is 0 Å². The van der Waals surface area contributed by atoms with Crippen molar-refractivity contribution in [3.8, 4) is 0 Å². The maximum absolute atomic E-state index is 9.44. The third kappa shape index (κ3) is 5.00. The molecule has 1 nitrogen and oxygen atoms in total. The lowest BCUT2D eigenvalue weighted by atomic mass is 9.69. The van der Waals surface area contributed by atoms with Crippen molar-refractivity contribution < 1.29 is 4.79 Å². The van der Waals surface area contributed by atoms with Crippen LogP contribution in [0.2, 0.25) is 0 Å². The number of rotatable bonds is 1. The smallest absolute Gasteiger partial charge is 0.126 e. The molecule has 0 N–H and O–H groups in total. The Bertz CT molecular complexity index is 113. The molecule has 1 heteroatoms. The first-order valence-corrected chi connectivity index (χ1v) is 4.47. The molecule has 0 heterocycles. The second kappa shape index (κ2) is 4.53. The van der Waals surface area contributed by atoms with Crippen LogP contribution in [0.3, 0.4) is 0 Å². The molecule has 0 bridgehead atoms. The van der Waals surface area contributed by atoms with Crippen LogP contribution in [0.1, 0.15) is 53.4 Å². The van der Waals surface area contributed by atoms with Crippen molar-refractivity contribution in [1.82, 2.24) is 0 Å². The average molecular weight is 156 g/mol. The molecule has 1 aliphatic carbocycles. The van der Waals surface area contributed by atoms with Crippen LogP contribution >= 0.6 is 0 Å². The van der Waals surface area contributed by atoms with E-state index < -0.39 is 0 Å². The summed E-state index contributed by atoms with van der Waals surface area (Å²) in [6.45, 7) is 7.73. The fourth-order valence-electron chi connectivity index (χ4n) is 1.13. The average Bonchev–Trinajstić information content (AvgIpc) is 1.82. The zero-order valence-corrected chi connectivity index (χ0v) is 8.24. The lowest BCUT2D eigenvalue weighted by molar-refractivity contribution is -0.114. The van der Waals surface area contributed by atoms with E-state index in [4.69, 9.17) is 0 Å². The van der Waals surface area contributed by atoms with Crippen LogP contribution in [0, 0.1) is 5.41 Å². The van der Waals surface area contributed by atoms with Crippen LogP contribution in [0.15, 0.2) is 0 Å². The van der Waals surface area contributed by atoms with E-state index in [9.17, 15) is 4.79 Å². The zero-order valence-electron chi connectivity index (χ0n) is 8.24. The van der Waals surface area contributed by atoms with Gasteiger partial charge in [0.15, 0.2) is 0 Å². The van der Waals surface area contributed by atoms with E-state index >= 15 is 0 Å². The molecular formula is C10H20O. The molecule has 1 fully saturated rings. The minimum atomic E-state index is 0.167. The van der Waals surface area contributed by atoms with Crippen LogP contribution in [0.4, 0.5) is 0 Å². The molecule has 0 unspecified atom stereocenters. The minimum absolute atomic E-state index is 0.167. The highest BCUT2D eigenvalue weighted by Crippen LogP contribution is 2.42. The fraction of sp³-hybridized carbons (Fsp3) is 0.900. The third-order valence-corrected chi connectivity index (χ3v) is 2.41. The Labute approximate surface area is 70.2 Å². The first kappa shape index (κ1) is 10.7. The van der Waals surface area contributed by atoms with Gasteiger partial charge in [0.1, 0.15) is 5.78 Å². The summed E-state index contributed by atoms with van der Waals surface area (Å²) >= 11 is 0. The topological polar surface area (TPSA) is 17.1 Å². The van der Waals surface area contributed by atoms with Gasteiger partial charge in [-0.05, 0) is 32.1 Å². The summed E-state index contributed by atoms with van der Waals surface area (Å²) in [4.78, 5) is 9.44. The highest BCUT2D eigenvalue weighted by Gasteiger charge is 2.28. The van der Waals surface area contributed by atoms with Crippen molar-refractivity contribution in [3.63, 3.8) is 0 Å². The van der Waals surface area contributed by atoms with Gasteiger partial charge in [-0.15, -0.1) is 0 Å². The van der Waals surface area contributed by atoms with E-state index in [1.54, 1.807) is 0 Å². The highest BCUT2D eigenvalue weighted by atomic mass is 16.1. The molecular weight excluding hydrogens is 136 g/mol. The molecule has 11 heavy (non-hydrogen) atoms. The first-order chi connectivity index (χ1) is 5.00. The normalized spacial score (nSPS) is 19.3.